The van der Waals surface area contributed by atoms with Crippen LogP contribution in [0.25, 0.3) is 6.08 Å². The molecule has 1 aliphatic carbocycles. The fraction of sp³-hybridized carbons (Fsp3) is 0.300. The van der Waals surface area contributed by atoms with Crippen LogP contribution in [-0.2, 0) is 9.84 Å². The van der Waals surface area contributed by atoms with E-state index in [1.807, 2.05) is 30.4 Å². The summed E-state index contributed by atoms with van der Waals surface area (Å²) in [6, 6.07) is 12.7. The van der Waals surface area contributed by atoms with Gasteiger partial charge in [0.2, 0.25) is 0 Å². The van der Waals surface area contributed by atoms with Crippen LogP contribution in [0.3, 0.4) is 0 Å². The van der Waals surface area contributed by atoms with Crippen molar-refractivity contribution in [3.63, 3.8) is 0 Å². The zero-order valence-corrected chi connectivity index (χ0v) is 14.9. The molecule has 2 aromatic carbocycles. The largest absolute Gasteiger partial charge is 0.492 e. The van der Waals surface area contributed by atoms with Crippen LogP contribution in [0.1, 0.15) is 41.3 Å². The second-order valence-electron chi connectivity index (χ2n) is 6.49. The number of nitrogens with one attached hydrogen (secondary N) is 1. The van der Waals surface area contributed by atoms with Crippen molar-refractivity contribution in [2.45, 2.75) is 29.5 Å². The Morgan fingerprint density at radius 3 is 2.72 bits per heavy atom. The molecule has 1 aliphatic heterocycles. The summed E-state index contributed by atoms with van der Waals surface area (Å²) in [5.74, 6) is 0.846. The van der Waals surface area contributed by atoms with E-state index in [0.717, 1.165) is 29.0 Å². The number of rotatable bonds is 2. The van der Waals surface area contributed by atoms with Gasteiger partial charge in [0, 0.05) is 18.2 Å². The topological polar surface area (TPSA) is 55.4 Å². The number of sulfone groups is 1. The first kappa shape index (κ1) is 16.4. The second-order valence-corrected chi connectivity index (χ2v) is 8.62. The lowest BCUT2D eigenvalue weighted by molar-refractivity contribution is 0.324. The van der Waals surface area contributed by atoms with E-state index in [9.17, 15) is 8.42 Å². The molecule has 2 unspecified atom stereocenters. The average molecular weight is 355 g/mol. The highest BCUT2D eigenvalue weighted by Crippen LogP contribution is 2.43. The van der Waals surface area contributed by atoms with Crippen molar-refractivity contribution in [3.05, 3.63) is 65.2 Å². The van der Waals surface area contributed by atoms with Gasteiger partial charge in [-0.25, -0.2) is 8.42 Å². The quantitative estimate of drug-likeness (QED) is 0.893. The monoisotopic (exact) mass is 355 g/mol. The summed E-state index contributed by atoms with van der Waals surface area (Å²) in [6.45, 7) is 3.49. The average Bonchev–Trinajstić information content (AvgIpc) is 2.83. The standard InChI is InChI=1S/C20H21NO3S/c1-14-20-17-8-5-9-19(25(22,23)15-6-3-2-4-7-15)16(17)10-11-18(20)24-13-12-21-14/h2-8,10-11,14,19,21H,9,12-13H2,1H3. The van der Waals surface area contributed by atoms with Gasteiger partial charge >= 0.3 is 0 Å². The third kappa shape index (κ3) is 2.77. The van der Waals surface area contributed by atoms with Gasteiger partial charge in [-0.2, -0.15) is 0 Å². The summed E-state index contributed by atoms with van der Waals surface area (Å²) in [6.07, 6.45) is 4.50. The molecular weight excluding hydrogens is 334 g/mol. The minimum atomic E-state index is -3.44. The van der Waals surface area contributed by atoms with E-state index in [1.165, 1.54) is 0 Å². The van der Waals surface area contributed by atoms with Gasteiger partial charge in [-0.1, -0.05) is 36.4 Å². The predicted molar refractivity (Wildman–Crippen MR) is 98.4 cm³/mol. The van der Waals surface area contributed by atoms with Crippen LogP contribution in [0, 0.1) is 0 Å². The lowest BCUT2D eigenvalue weighted by atomic mass is 9.89. The molecule has 0 fully saturated rings. The summed E-state index contributed by atoms with van der Waals surface area (Å²) in [7, 11) is -3.44. The Hall–Kier alpha value is -2.11. The molecule has 130 valence electrons. The van der Waals surface area contributed by atoms with Gasteiger partial charge < -0.3 is 10.1 Å². The molecule has 0 saturated heterocycles. The van der Waals surface area contributed by atoms with E-state index in [-0.39, 0.29) is 6.04 Å². The first-order chi connectivity index (χ1) is 12.1. The van der Waals surface area contributed by atoms with E-state index < -0.39 is 15.1 Å². The molecule has 25 heavy (non-hydrogen) atoms. The number of benzene rings is 2. The Labute approximate surface area is 148 Å². The normalized spacial score (nSPS) is 22.4. The molecule has 2 atom stereocenters. The van der Waals surface area contributed by atoms with E-state index in [4.69, 9.17) is 4.74 Å². The molecule has 0 aromatic heterocycles. The van der Waals surface area contributed by atoms with Crippen LogP contribution in [0.4, 0.5) is 0 Å². The summed E-state index contributed by atoms with van der Waals surface area (Å²) in [5, 5.41) is 2.87. The maximum atomic E-state index is 13.2. The highest BCUT2D eigenvalue weighted by atomic mass is 32.2. The molecule has 0 saturated carbocycles. The van der Waals surface area contributed by atoms with Crippen molar-refractivity contribution in [3.8, 4) is 5.75 Å². The molecule has 0 amide bonds. The number of allylic oxidation sites excluding steroid dienone is 1. The van der Waals surface area contributed by atoms with Crippen molar-refractivity contribution in [2.75, 3.05) is 13.2 Å². The first-order valence-corrected chi connectivity index (χ1v) is 10.1. The zero-order chi connectivity index (χ0) is 17.4. The van der Waals surface area contributed by atoms with Crippen molar-refractivity contribution in [1.29, 1.82) is 0 Å². The van der Waals surface area contributed by atoms with E-state index in [2.05, 4.69) is 12.2 Å². The predicted octanol–water partition coefficient (Wildman–Crippen LogP) is 3.66. The van der Waals surface area contributed by atoms with E-state index >= 15 is 0 Å². The van der Waals surface area contributed by atoms with Crippen molar-refractivity contribution >= 4 is 15.9 Å². The smallest absolute Gasteiger partial charge is 0.185 e. The van der Waals surface area contributed by atoms with Crippen LogP contribution in [0.2, 0.25) is 0 Å². The molecule has 0 bridgehead atoms. The van der Waals surface area contributed by atoms with Crippen LogP contribution in [0.15, 0.2) is 53.4 Å². The lowest BCUT2D eigenvalue weighted by Gasteiger charge is -2.26. The van der Waals surface area contributed by atoms with Gasteiger partial charge in [0.15, 0.2) is 9.84 Å². The zero-order valence-electron chi connectivity index (χ0n) is 14.1. The van der Waals surface area contributed by atoms with Gasteiger partial charge in [-0.15, -0.1) is 0 Å². The molecule has 4 nitrogen and oxygen atoms in total. The Kier molecular flexibility index (Phi) is 4.13. The van der Waals surface area contributed by atoms with Gasteiger partial charge in [-0.05, 0) is 42.7 Å². The number of ether oxygens (including phenoxy) is 1. The third-order valence-electron chi connectivity index (χ3n) is 4.95. The minimum Gasteiger partial charge on any atom is -0.492 e. The van der Waals surface area contributed by atoms with E-state index in [1.54, 1.807) is 24.3 Å². The summed E-state index contributed by atoms with van der Waals surface area (Å²) in [5.41, 5.74) is 2.90. The number of hydrogen-bond acceptors (Lipinski definition) is 4. The Bertz CT molecular complexity index is 919. The third-order valence-corrected chi connectivity index (χ3v) is 7.08. The van der Waals surface area contributed by atoms with Crippen LogP contribution in [0.5, 0.6) is 5.75 Å². The minimum absolute atomic E-state index is 0.121. The maximum Gasteiger partial charge on any atom is 0.185 e. The van der Waals surface area contributed by atoms with Crippen LogP contribution < -0.4 is 10.1 Å². The first-order valence-electron chi connectivity index (χ1n) is 8.57. The molecule has 4 rings (SSSR count). The molecular formula is C20H21NO3S. The number of fused-ring (bicyclic) bond motifs is 3. The Balaban J connectivity index is 1.86. The molecule has 1 heterocycles. The lowest BCUT2D eigenvalue weighted by Crippen LogP contribution is -2.22. The van der Waals surface area contributed by atoms with Crippen molar-refractivity contribution in [1.82, 2.24) is 5.32 Å². The Morgan fingerprint density at radius 2 is 1.92 bits per heavy atom. The summed E-state index contributed by atoms with van der Waals surface area (Å²) >= 11 is 0. The summed E-state index contributed by atoms with van der Waals surface area (Å²) < 4.78 is 32.2. The maximum absolute atomic E-state index is 13.2. The fourth-order valence-corrected chi connectivity index (χ4v) is 5.49. The second kappa shape index (κ2) is 6.32. The molecule has 2 aromatic rings. The SMILES string of the molecule is CC1NCCOc2ccc3c(c21)C=CCC3S(=O)(=O)c1ccccc1. The van der Waals surface area contributed by atoms with Gasteiger partial charge in [0.1, 0.15) is 12.4 Å². The molecule has 0 spiro atoms. The molecule has 0 radical (unpaired) electrons. The molecule has 5 heteroatoms. The molecule has 1 N–H and O–H groups in total. The van der Waals surface area contributed by atoms with Crippen molar-refractivity contribution < 1.29 is 13.2 Å². The highest BCUT2D eigenvalue weighted by Gasteiger charge is 2.33. The van der Waals surface area contributed by atoms with Crippen LogP contribution in [-0.4, -0.2) is 21.6 Å². The van der Waals surface area contributed by atoms with E-state index in [0.29, 0.717) is 17.9 Å². The number of hydrogen-bond donors (Lipinski definition) is 1. The Morgan fingerprint density at radius 1 is 1.12 bits per heavy atom. The fourth-order valence-electron chi connectivity index (χ4n) is 3.72. The van der Waals surface area contributed by atoms with Crippen LogP contribution >= 0.6 is 0 Å². The van der Waals surface area contributed by atoms with Gasteiger partial charge in [-0.3, -0.25) is 0 Å². The van der Waals surface area contributed by atoms with Crippen molar-refractivity contribution in [2.24, 2.45) is 0 Å². The van der Waals surface area contributed by atoms with Gasteiger partial charge in [0.25, 0.3) is 0 Å². The van der Waals surface area contributed by atoms with Gasteiger partial charge in [0.05, 0.1) is 10.1 Å². The highest BCUT2D eigenvalue weighted by molar-refractivity contribution is 7.91. The summed E-state index contributed by atoms with van der Waals surface area (Å²) in [4.78, 5) is 0.374. The molecule has 2 aliphatic rings.